The Morgan fingerprint density at radius 1 is 0.784 bits per heavy atom. The number of unbranched alkanes of at least 4 members (excludes halogenated alkanes) is 2. The van der Waals surface area contributed by atoms with Gasteiger partial charge in [-0.05, 0) is 93.9 Å². The molecule has 6 N–H and O–H groups in total. The van der Waals surface area contributed by atoms with Crippen molar-refractivity contribution < 1.29 is 66.2 Å². The number of nitrogens with zero attached hydrogens (tertiary/aromatic N) is 11. The number of alkyl halides is 2. The number of nitrogens with one attached hydrogen (secondary N) is 6. The first kappa shape index (κ1) is 71.3. The number of hydrogen-bond donors (Lipinski definition) is 6. The van der Waals surface area contributed by atoms with Gasteiger partial charge in [0.25, 0.3) is 30.1 Å². The Morgan fingerprint density at radius 2 is 1.53 bits per heavy atom. The predicted molar refractivity (Wildman–Crippen MR) is 363 cm³/mol. The van der Waals surface area contributed by atoms with Gasteiger partial charge in [-0.25, -0.2) is 23.1 Å². The number of ether oxygens (including phenoxy) is 2. The minimum Gasteiger partial charge on any atom is -0.374 e. The van der Waals surface area contributed by atoms with Gasteiger partial charge in [0.05, 0.1) is 79.0 Å². The van der Waals surface area contributed by atoms with Gasteiger partial charge in [0, 0.05) is 83.6 Å². The number of benzene rings is 2. The van der Waals surface area contributed by atoms with E-state index in [-0.39, 0.29) is 86.2 Å². The zero-order valence-electron chi connectivity index (χ0n) is 56.4. The molecule has 1 unspecified atom stereocenters. The van der Waals surface area contributed by atoms with Gasteiger partial charge in [0.2, 0.25) is 35.4 Å². The lowest BCUT2D eigenvalue weighted by atomic mass is 9.85. The van der Waals surface area contributed by atoms with Crippen molar-refractivity contribution in [2.45, 2.75) is 133 Å². The molecule has 5 fully saturated rings. The number of likely N-dealkylation sites (tertiary alicyclic amines) is 2. The first-order valence-electron chi connectivity index (χ1n) is 34.5. The fraction of sp³-hybridized carbons (Fsp3) is 0.486. The van der Waals surface area contributed by atoms with Crippen LogP contribution in [0, 0.1) is 17.8 Å². The molecule has 1 saturated carbocycles. The fourth-order valence-corrected chi connectivity index (χ4v) is 14.2. The third-order valence-electron chi connectivity index (χ3n) is 19.6. The van der Waals surface area contributed by atoms with E-state index in [0.717, 1.165) is 74.4 Å². The molecule has 30 nitrogen and oxygen atoms in total. The van der Waals surface area contributed by atoms with E-state index in [2.05, 4.69) is 63.7 Å². The lowest BCUT2D eigenvalue weighted by molar-refractivity contribution is -0.152. The zero-order chi connectivity index (χ0) is 71.6. The van der Waals surface area contributed by atoms with Crippen molar-refractivity contribution in [2.75, 3.05) is 82.5 Å². The third kappa shape index (κ3) is 16.9. The SMILES string of the molecule is Cn1c(=O)n(C2CCC(=O)N(CNC(=O)CNC(=O)[C@H](Cc3ccccc3)NC(=O)CNC(=O)CNC(=O)CCCCCN3C(=O)C=CC3=O)C2=O)c2cccc(C#CCOC3CCN(CC4CCC(n5cc(NC(=O)c6cnn7ccc(N8C[C@H]9C[C@@H]8CO9)nc67)c(C(F)F)n5)CC4)CC3)c21. The summed E-state index contributed by atoms with van der Waals surface area (Å²) in [5.74, 6) is 1.36. The number of amides is 10. The van der Waals surface area contributed by atoms with E-state index < -0.39 is 103 Å². The van der Waals surface area contributed by atoms with E-state index in [1.165, 1.54) is 38.2 Å². The monoisotopic (exact) mass is 1410 g/mol. The molecule has 0 spiro atoms. The highest BCUT2D eigenvalue weighted by Crippen LogP contribution is 2.37. The topological polar surface area (TPSA) is 349 Å². The molecule has 9 heterocycles. The number of aromatic nitrogens is 7. The van der Waals surface area contributed by atoms with Gasteiger partial charge in [-0.1, -0.05) is 54.7 Å². The molecule has 0 radical (unpaired) electrons. The van der Waals surface area contributed by atoms with Crippen molar-refractivity contribution >= 4 is 87.3 Å². The number of rotatable bonds is 28. The van der Waals surface area contributed by atoms with Crippen LogP contribution in [0.4, 0.5) is 20.3 Å². The van der Waals surface area contributed by atoms with Crippen LogP contribution in [0.15, 0.2) is 90.1 Å². The highest BCUT2D eigenvalue weighted by Gasteiger charge is 2.41. The van der Waals surface area contributed by atoms with E-state index in [0.29, 0.717) is 72.0 Å². The summed E-state index contributed by atoms with van der Waals surface area (Å²) >= 11 is 0. The molecule has 2 aromatic carbocycles. The largest absolute Gasteiger partial charge is 0.374 e. The number of halogens is 2. The Labute approximate surface area is 584 Å². The summed E-state index contributed by atoms with van der Waals surface area (Å²) in [4.78, 5) is 155. The van der Waals surface area contributed by atoms with E-state index >= 15 is 0 Å². The van der Waals surface area contributed by atoms with Gasteiger partial charge >= 0.3 is 5.69 Å². The van der Waals surface area contributed by atoms with Gasteiger partial charge in [-0.15, -0.1) is 0 Å². The standard InChI is InChI=1S/C70H81F2N17O13/c1-82-64-45(13-9-31-101-48-24-28-83(29-25-48)38-44-16-18-46(19-17-44)88-40-52(63(81-88)65(71)72)79-67(97)50-34-77-87-30-26-55(80-66(50)87)85-39-49-33-47(85)41-102-49)12-8-14-53(64)89(70(82)100)54-20-21-62(96)86(69(54)99)42-76-58(92)36-75-68(98)51(32-43-10-4-2-5-11-43)78-59(93)37-74-57(91)35-73-56(90)15-6-3-7-27-84-60(94)22-23-61(84)95/h2,4-5,8,10-12,14,22-23,26,30,34,40,44,46-49,51,54,65H,3,6-7,15-21,24-25,27-29,31-33,35-39,41-42H2,1H3,(H,73,90)(H,74,91)(H,75,98)(H,76,92)(H,78,93)(H,79,97)/t44?,46?,47-,49-,51+,54?/m1/s1. The van der Waals surface area contributed by atoms with E-state index in [1.807, 2.05) is 6.07 Å². The van der Waals surface area contributed by atoms with Gasteiger partial charge in [-0.2, -0.15) is 10.2 Å². The highest BCUT2D eigenvalue weighted by atomic mass is 19.3. The third-order valence-corrected chi connectivity index (χ3v) is 19.6. The number of imide groups is 2. The number of piperidine rings is 2. The van der Waals surface area contributed by atoms with Crippen molar-refractivity contribution in [1.82, 2.24) is 74.8 Å². The number of imidazole rings is 1. The molecule has 4 atom stereocenters. The molecule has 5 aliphatic heterocycles. The molecule has 4 aromatic heterocycles. The van der Waals surface area contributed by atoms with Crippen LogP contribution in [0.2, 0.25) is 0 Å². The lowest BCUT2D eigenvalue weighted by Crippen LogP contribution is -2.54. The molecule has 4 saturated heterocycles. The van der Waals surface area contributed by atoms with Gasteiger partial charge in [-0.3, -0.25) is 71.6 Å². The Bertz CT molecular complexity index is 4310. The second kappa shape index (κ2) is 32.4. The molecule has 538 valence electrons. The van der Waals surface area contributed by atoms with E-state index in [4.69, 9.17) is 14.5 Å². The number of para-hydroxylation sites is 1. The number of aryl methyl sites for hydroxylation is 1. The van der Waals surface area contributed by atoms with Crippen LogP contribution in [0.25, 0.3) is 16.7 Å². The normalized spacial score (nSPS) is 20.3. The molecule has 2 bridgehead atoms. The number of anilines is 2. The van der Waals surface area contributed by atoms with E-state index in [1.54, 1.807) is 66.5 Å². The minimum absolute atomic E-state index is 0.00112. The summed E-state index contributed by atoms with van der Waals surface area (Å²) in [5, 5.41) is 23.7. The molecule has 6 aliphatic rings. The van der Waals surface area contributed by atoms with Gasteiger partial charge < -0.3 is 51.2 Å². The molecule has 102 heavy (non-hydrogen) atoms. The zero-order valence-corrected chi connectivity index (χ0v) is 56.4. The Hall–Kier alpha value is -10.5. The maximum atomic E-state index is 14.5. The summed E-state index contributed by atoms with van der Waals surface area (Å²) in [6.45, 7) is 2.11. The Morgan fingerprint density at radius 3 is 2.27 bits per heavy atom. The van der Waals surface area contributed by atoms with Crippen LogP contribution in [0.1, 0.15) is 129 Å². The van der Waals surface area contributed by atoms with Crippen LogP contribution >= 0.6 is 0 Å². The number of carbonyl (C=O) groups excluding carboxylic acids is 10. The van der Waals surface area contributed by atoms with Crippen LogP contribution in [0.3, 0.4) is 0 Å². The maximum Gasteiger partial charge on any atom is 0.329 e. The van der Waals surface area contributed by atoms with Crippen LogP contribution < -0.4 is 42.5 Å². The van der Waals surface area contributed by atoms with Crippen molar-refractivity contribution in [3.8, 4) is 11.8 Å². The lowest BCUT2D eigenvalue weighted by Gasteiger charge is -2.36. The molecule has 32 heteroatoms. The predicted octanol–water partition coefficient (Wildman–Crippen LogP) is 2.34. The van der Waals surface area contributed by atoms with Crippen LogP contribution in [-0.4, -0.2) is 204 Å². The summed E-state index contributed by atoms with van der Waals surface area (Å²) < 4.78 is 46.7. The molecule has 6 aromatic rings. The van der Waals surface area contributed by atoms with E-state index in [9.17, 15) is 61.5 Å². The second-order valence-electron chi connectivity index (χ2n) is 26.5. The number of morpholine rings is 1. The van der Waals surface area contributed by atoms with Crippen molar-refractivity contribution in [1.29, 1.82) is 0 Å². The fourth-order valence-electron chi connectivity index (χ4n) is 14.2. The molecule has 10 amide bonds. The summed E-state index contributed by atoms with van der Waals surface area (Å²) in [5.41, 5.74) is 1.51. The average Bonchev–Trinajstić information content (AvgIpc) is 1.60. The van der Waals surface area contributed by atoms with Crippen LogP contribution in [0.5, 0.6) is 0 Å². The van der Waals surface area contributed by atoms with Crippen molar-refractivity contribution in [2.24, 2.45) is 13.0 Å². The Kier molecular flexibility index (Phi) is 22.7. The Balaban J connectivity index is 0.563. The highest BCUT2D eigenvalue weighted by molar-refractivity contribution is 6.13. The number of fused-ring (bicyclic) bond motifs is 4. The van der Waals surface area contributed by atoms with Crippen molar-refractivity contribution in [3.05, 3.63) is 118 Å². The molecular formula is C70H81F2N17O13. The first-order chi connectivity index (χ1) is 49.3. The molecule has 1 aliphatic carbocycles. The smallest absolute Gasteiger partial charge is 0.329 e. The quantitative estimate of drug-likeness (QED) is 0.0233. The maximum absolute atomic E-state index is 14.5. The summed E-state index contributed by atoms with van der Waals surface area (Å²) in [6, 6.07) is 13.5. The average molecular weight is 1410 g/mol. The number of hydrogen-bond acceptors (Lipinski definition) is 18. The second-order valence-corrected chi connectivity index (χ2v) is 26.5. The summed E-state index contributed by atoms with van der Waals surface area (Å²) in [7, 11) is 1.57. The minimum atomic E-state index is -2.91. The van der Waals surface area contributed by atoms with Gasteiger partial charge in [0.1, 0.15) is 36.7 Å². The van der Waals surface area contributed by atoms with Crippen molar-refractivity contribution in [3.63, 3.8) is 0 Å². The summed E-state index contributed by atoms with van der Waals surface area (Å²) in [6.07, 6.45) is 11.6. The number of carbonyl (C=O) groups is 10. The molecule has 12 rings (SSSR count). The molecular weight excluding hydrogens is 1320 g/mol. The first-order valence-corrected chi connectivity index (χ1v) is 34.5. The van der Waals surface area contributed by atoms with Crippen LogP contribution in [-0.2, 0) is 66.1 Å². The van der Waals surface area contributed by atoms with Gasteiger partial charge in [0.15, 0.2) is 11.3 Å².